The van der Waals surface area contributed by atoms with Crippen LogP contribution in [0.5, 0.6) is 0 Å². The molecule has 6 nitrogen and oxygen atoms in total. The number of imidazole rings is 1. The van der Waals surface area contributed by atoms with Gasteiger partial charge in [-0.25, -0.2) is 9.97 Å². The van der Waals surface area contributed by atoms with Gasteiger partial charge in [0.05, 0.1) is 17.1 Å². The Bertz CT molecular complexity index is 1530. The van der Waals surface area contributed by atoms with Crippen LogP contribution in [0.25, 0.3) is 39.0 Å². The zero-order valence-corrected chi connectivity index (χ0v) is 18.1. The molecule has 0 spiro atoms. The summed E-state index contributed by atoms with van der Waals surface area (Å²) >= 11 is 0. The molecule has 1 atom stereocenters. The van der Waals surface area contributed by atoms with Gasteiger partial charge in [-0.2, -0.15) is 4.98 Å². The molecule has 33 heavy (non-hydrogen) atoms. The van der Waals surface area contributed by atoms with E-state index in [1.807, 2.05) is 41.2 Å². The molecule has 160 valence electrons. The van der Waals surface area contributed by atoms with E-state index < -0.39 is 0 Å². The Kier molecular flexibility index (Phi) is 4.61. The van der Waals surface area contributed by atoms with E-state index in [-0.39, 0.29) is 6.04 Å². The van der Waals surface area contributed by atoms with Crippen molar-refractivity contribution in [2.75, 3.05) is 5.32 Å². The lowest BCUT2D eigenvalue weighted by atomic mass is 10.1. The Morgan fingerprint density at radius 2 is 1.73 bits per heavy atom. The van der Waals surface area contributed by atoms with Gasteiger partial charge in [-0.05, 0) is 42.8 Å². The SMILES string of the molecule is C[C@H](Nc1nccc(-n2cnc3cc(-c4cc5ccccc5[nH]4)ccc32)n1)c1ccccc1. The van der Waals surface area contributed by atoms with Gasteiger partial charge in [-0.3, -0.25) is 4.57 Å². The lowest BCUT2D eigenvalue weighted by Crippen LogP contribution is -2.10. The van der Waals surface area contributed by atoms with Crippen LogP contribution in [0.1, 0.15) is 18.5 Å². The van der Waals surface area contributed by atoms with Crippen molar-refractivity contribution in [3.63, 3.8) is 0 Å². The maximum Gasteiger partial charge on any atom is 0.225 e. The summed E-state index contributed by atoms with van der Waals surface area (Å²) in [5, 5.41) is 4.59. The Labute approximate surface area is 191 Å². The summed E-state index contributed by atoms with van der Waals surface area (Å²) in [5.74, 6) is 1.36. The molecule has 0 radical (unpaired) electrons. The largest absolute Gasteiger partial charge is 0.355 e. The van der Waals surface area contributed by atoms with E-state index in [0.717, 1.165) is 33.6 Å². The topological polar surface area (TPSA) is 71.4 Å². The minimum Gasteiger partial charge on any atom is -0.355 e. The van der Waals surface area contributed by atoms with Crippen molar-refractivity contribution in [3.8, 4) is 17.1 Å². The van der Waals surface area contributed by atoms with Crippen LogP contribution >= 0.6 is 0 Å². The van der Waals surface area contributed by atoms with Crippen LogP contribution in [0.2, 0.25) is 0 Å². The Morgan fingerprint density at radius 3 is 2.61 bits per heavy atom. The monoisotopic (exact) mass is 430 g/mol. The molecule has 0 fully saturated rings. The number of nitrogens with zero attached hydrogens (tertiary/aromatic N) is 4. The highest BCUT2D eigenvalue weighted by atomic mass is 15.2. The number of para-hydroxylation sites is 1. The number of anilines is 1. The van der Waals surface area contributed by atoms with E-state index in [9.17, 15) is 0 Å². The normalized spacial score (nSPS) is 12.3. The van der Waals surface area contributed by atoms with E-state index in [4.69, 9.17) is 4.98 Å². The van der Waals surface area contributed by atoms with Crippen molar-refractivity contribution in [2.45, 2.75) is 13.0 Å². The molecule has 3 heterocycles. The Morgan fingerprint density at radius 1 is 0.879 bits per heavy atom. The molecule has 0 saturated heterocycles. The predicted octanol–water partition coefficient (Wildman–Crippen LogP) is 6.14. The summed E-state index contributed by atoms with van der Waals surface area (Å²) in [4.78, 5) is 17.3. The van der Waals surface area contributed by atoms with Gasteiger partial charge < -0.3 is 10.3 Å². The van der Waals surface area contributed by atoms with Crippen LogP contribution in [-0.4, -0.2) is 24.5 Å². The zero-order valence-electron chi connectivity index (χ0n) is 18.1. The number of aromatic amines is 1. The summed E-state index contributed by atoms with van der Waals surface area (Å²) in [7, 11) is 0. The maximum absolute atomic E-state index is 4.73. The number of nitrogens with one attached hydrogen (secondary N) is 2. The molecule has 6 aromatic rings. The molecule has 0 aliphatic carbocycles. The summed E-state index contributed by atoms with van der Waals surface area (Å²) in [6.45, 7) is 2.10. The van der Waals surface area contributed by atoms with Gasteiger partial charge >= 0.3 is 0 Å². The van der Waals surface area contributed by atoms with Gasteiger partial charge in [-0.1, -0.05) is 54.6 Å². The molecule has 0 aliphatic rings. The van der Waals surface area contributed by atoms with Gasteiger partial charge in [0, 0.05) is 28.4 Å². The van der Waals surface area contributed by atoms with E-state index in [1.165, 1.54) is 10.9 Å². The fourth-order valence-electron chi connectivity index (χ4n) is 4.16. The molecule has 0 unspecified atom stereocenters. The van der Waals surface area contributed by atoms with Crippen LogP contribution < -0.4 is 5.32 Å². The molecule has 0 saturated carbocycles. The first kappa shape index (κ1) is 19.3. The van der Waals surface area contributed by atoms with Crippen molar-refractivity contribution < 1.29 is 0 Å². The third-order valence-electron chi connectivity index (χ3n) is 5.92. The highest BCUT2D eigenvalue weighted by Crippen LogP contribution is 2.28. The molecule has 3 aromatic carbocycles. The predicted molar refractivity (Wildman–Crippen MR) is 132 cm³/mol. The molecular formula is C27H22N6. The van der Waals surface area contributed by atoms with Gasteiger partial charge in [0.25, 0.3) is 0 Å². The van der Waals surface area contributed by atoms with Gasteiger partial charge in [0.1, 0.15) is 12.1 Å². The molecule has 3 aromatic heterocycles. The van der Waals surface area contributed by atoms with Crippen molar-refractivity contribution in [2.24, 2.45) is 0 Å². The molecule has 0 aliphatic heterocycles. The van der Waals surface area contributed by atoms with Crippen LogP contribution in [0, 0.1) is 0 Å². The van der Waals surface area contributed by atoms with Crippen LogP contribution in [0.4, 0.5) is 5.95 Å². The average Bonchev–Trinajstić information content (AvgIpc) is 3.49. The second-order valence-electron chi connectivity index (χ2n) is 8.10. The maximum atomic E-state index is 4.73. The van der Waals surface area contributed by atoms with Gasteiger partial charge in [-0.15, -0.1) is 0 Å². The summed E-state index contributed by atoms with van der Waals surface area (Å²) in [5.41, 5.74) is 6.40. The molecule has 0 amide bonds. The second kappa shape index (κ2) is 7.91. The first-order chi connectivity index (χ1) is 16.2. The third kappa shape index (κ3) is 3.61. The number of hydrogen-bond donors (Lipinski definition) is 2. The fraction of sp³-hybridized carbons (Fsp3) is 0.0741. The quantitative estimate of drug-likeness (QED) is 0.345. The smallest absolute Gasteiger partial charge is 0.225 e. The number of benzene rings is 3. The van der Waals surface area contributed by atoms with Crippen molar-refractivity contribution >= 4 is 27.9 Å². The summed E-state index contributed by atoms with van der Waals surface area (Å²) in [6, 6.07) is 29.0. The van der Waals surface area contributed by atoms with E-state index in [2.05, 4.69) is 81.8 Å². The third-order valence-corrected chi connectivity index (χ3v) is 5.92. The number of fused-ring (bicyclic) bond motifs is 2. The van der Waals surface area contributed by atoms with Gasteiger partial charge in [0.15, 0.2) is 0 Å². The van der Waals surface area contributed by atoms with E-state index >= 15 is 0 Å². The minimum atomic E-state index is 0.0971. The Balaban J connectivity index is 1.31. The summed E-state index contributed by atoms with van der Waals surface area (Å²) in [6.07, 6.45) is 3.58. The molecule has 6 rings (SSSR count). The molecular weight excluding hydrogens is 408 g/mol. The van der Waals surface area contributed by atoms with E-state index in [0.29, 0.717) is 5.95 Å². The molecule has 2 N–H and O–H groups in total. The van der Waals surface area contributed by atoms with Crippen LogP contribution in [-0.2, 0) is 0 Å². The van der Waals surface area contributed by atoms with Crippen LogP contribution in [0.3, 0.4) is 0 Å². The van der Waals surface area contributed by atoms with E-state index in [1.54, 1.807) is 6.20 Å². The minimum absolute atomic E-state index is 0.0971. The standard InChI is InChI=1S/C27H22N6/c1-18(19-7-3-2-4-8-19)30-27-28-14-13-26(32-27)33-17-29-24-16-21(11-12-25(24)33)23-15-20-9-5-6-10-22(20)31-23/h2-18,31H,1H3,(H,28,30,32)/t18-/m0/s1. The first-order valence-electron chi connectivity index (χ1n) is 10.9. The molecule has 6 heteroatoms. The lowest BCUT2D eigenvalue weighted by molar-refractivity contribution is 0.854. The number of hydrogen-bond acceptors (Lipinski definition) is 4. The fourth-order valence-corrected chi connectivity index (χ4v) is 4.16. The van der Waals surface area contributed by atoms with Crippen molar-refractivity contribution in [1.29, 1.82) is 0 Å². The Hall–Kier alpha value is -4.45. The number of H-pyrrole nitrogens is 1. The number of aromatic nitrogens is 5. The average molecular weight is 431 g/mol. The first-order valence-corrected chi connectivity index (χ1v) is 10.9. The second-order valence-corrected chi connectivity index (χ2v) is 8.10. The van der Waals surface area contributed by atoms with Gasteiger partial charge in [0.2, 0.25) is 5.95 Å². The van der Waals surface area contributed by atoms with Crippen LogP contribution in [0.15, 0.2) is 97.5 Å². The van der Waals surface area contributed by atoms with Crippen molar-refractivity contribution in [3.05, 3.63) is 103 Å². The highest BCUT2D eigenvalue weighted by Gasteiger charge is 2.11. The zero-order chi connectivity index (χ0) is 22.2. The lowest BCUT2D eigenvalue weighted by Gasteiger charge is -2.14. The highest BCUT2D eigenvalue weighted by molar-refractivity contribution is 5.88. The number of rotatable bonds is 5. The molecule has 0 bridgehead atoms. The summed E-state index contributed by atoms with van der Waals surface area (Å²) < 4.78 is 1.99. The van der Waals surface area contributed by atoms with Crippen molar-refractivity contribution in [1.82, 2.24) is 24.5 Å².